The van der Waals surface area contributed by atoms with Crippen LogP contribution >= 0.6 is 0 Å². The number of para-hydroxylation sites is 2. The summed E-state index contributed by atoms with van der Waals surface area (Å²) in [7, 11) is 0. The number of amides is 1. The van der Waals surface area contributed by atoms with E-state index in [1.807, 2.05) is 69.3 Å². The molecule has 0 unspecified atom stereocenters. The third kappa shape index (κ3) is 4.35. The number of aromatic nitrogens is 2. The Bertz CT molecular complexity index is 876. The molecule has 3 rings (SSSR count). The first-order valence-corrected chi connectivity index (χ1v) is 8.83. The van der Waals surface area contributed by atoms with E-state index in [1.165, 1.54) is 4.90 Å². The molecule has 140 valence electrons. The van der Waals surface area contributed by atoms with Crippen molar-refractivity contribution in [2.75, 3.05) is 11.5 Å². The lowest BCUT2D eigenvalue weighted by molar-refractivity contribution is -0.0173. The van der Waals surface area contributed by atoms with Crippen molar-refractivity contribution in [3.8, 4) is 5.75 Å². The highest BCUT2D eigenvalue weighted by Crippen LogP contribution is 2.30. The largest absolute Gasteiger partial charge is 0.425 e. The standard InChI is InChI=1S/C21H23N3O3/c1-4-26-21(2,3)18-15-19(23-22-18)24(16-11-7-5-8-12-16)20(25)27-17-13-9-6-10-14-17/h5-15H,4H2,1-3H3,(H,22,23). The van der Waals surface area contributed by atoms with Gasteiger partial charge in [0, 0.05) is 12.7 Å². The molecule has 6 heteroatoms. The van der Waals surface area contributed by atoms with Gasteiger partial charge in [-0.3, -0.25) is 5.10 Å². The van der Waals surface area contributed by atoms with E-state index in [9.17, 15) is 4.79 Å². The van der Waals surface area contributed by atoms with Crippen LogP contribution < -0.4 is 9.64 Å². The van der Waals surface area contributed by atoms with Gasteiger partial charge in [-0.15, -0.1) is 0 Å². The molecule has 1 aromatic heterocycles. The number of carbonyl (C=O) groups is 1. The summed E-state index contributed by atoms with van der Waals surface area (Å²) in [6.45, 7) is 6.40. The second-order valence-corrected chi connectivity index (χ2v) is 6.44. The number of hydrogen-bond donors (Lipinski definition) is 1. The average molecular weight is 365 g/mol. The van der Waals surface area contributed by atoms with Crippen molar-refractivity contribution in [2.45, 2.75) is 26.4 Å². The quantitative estimate of drug-likeness (QED) is 0.666. The zero-order chi connectivity index (χ0) is 19.3. The number of nitrogens with zero attached hydrogens (tertiary/aromatic N) is 2. The lowest BCUT2D eigenvalue weighted by Gasteiger charge is -2.23. The van der Waals surface area contributed by atoms with Gasteiger partial charge in [-0.25, -0.2) is 9.69 Å². The second kappa shape index (κ2) is 8.05. The van der Waals surface area contributed by atoms with Gasteiger partial charge in [0.2, 0.25) is 0 Å². The third-order valence-corrected chi connectivity index (χ3v) is 4.09. The molecule has 2 aromatic carbocycles. The molecule has 1 N–H and O–H groups in total. The van der Waals surface area contributed by atoms with Crippen LogP contribution in [0.15, 0.2) is 66.7 Å². The minimum Gasteiger partial charge on any atom is -0.410 e. The van der Waals surface area contributed by atoms with Gasteiger partial charge < -0.3 is 9.47 Å². The first kappa shape index (κ1) is 18.7. The number of hydrogen-bond acceptors (Lipinski definition) is 4. The lowest BCUT2D eigenvalue weighted by Crippen LogP contribution is -2.29. The van der Waals surface area contributed by atoms with E-state index in [0.29, 0.717) is 23.9 Å². The molecule has 1 heterocycles. The fourth-order valence-electron chi connectivity index (χ4n) is 2.72. The van der Waals surface area contributed by atoms with Crippen molar-refractivity contribution in [1.82, 2.24) is 10.2 Å². The molecule has 1 amide bonds. The highest BCUT2D eigenvalue weighted by Gasteiger charge is 2.28. The Morgan fingerprint density at radius 2 is 1.70 bits per heavy atom. The van der Waals surface area contributed by atoms with Crippen LogP contribution in [0.3, 0.4) is 0 Å². The molecular formula is C21H23N3O3. The van der Waals surface area contributed by atoms with Crippen LogP contribution in [0.2, 0.25) is 0 Å². The van der Waals surface area contributed by atoms with Crippen molar-refractivity contribution in [3.05, 3.63) is 72.4 Å². The van der Waals surface area contributed by atoms with Crippen LogP contribution in [0.1, 0.15) is 26.5 Å². The summed E-state index contributed by atoms with van der Waals surface area (Å²) in [6, 6.07) is 20.0. The molecule has 0 bridgehead atoms. The zero-order valence-corrected chi connectivity index (χ0v) is 15.7. The summed E-state index contributed by atoms with van der Waals surface area (Å²) in [5.74, 6) is 0.902. The Balaban J connectivity index is 1.94. The third-order valence-electron chi connectivity index (χ3n) is 4.09. The molecule has 6 nitrogen and oxygen atoms in total. The van der Waals surface area contributed by atoms with E-state index in [2.05, 4.69) is 10.2 Å². The average Bonchev–Trinajstić information content (AvgIpc) is 3.14. The van der Waals surface area contributed by atoms with Crippen LogP contribution in [0, 0.1) is 0 Å². The highest BCUT2D eigenvalue weighted by atomic mass is 16.6. The predicted molar refractivity (Wildman–Crippen MR) is 104 cm³/mol. The molecule has 0 radical (unpaired) electrons. The van der Waals surface area contributed by atoms with Crippen LogP contribution in [-0.4, -0.2) is 22.9 Å². The van der Waals surface area contributed by atoms with E-state index in [-0.39, 0.29) is 0 Å². The Morgan fingerprint density at radius 1 is 1.07 bits per heavy atom. The maximum atomic E-state index is 12.9. The molecule has 0 spiro atoms. The normalized spacial score (nSPS) is 11.2. The van der Waals surface area contributed by atoms with Gasteiger partial charge in [0.1, 0.15) is 11.4 Å². The summed E-state index contributed by atoms with van der Waals surface area (Å²) >= 11 is 0. The molecule has 0 aliphatic carbocycles. The molecule has 0 aliphatic heterocycles. The molecule has 0 atom stereocenters. The van der Waals surface area contributed by atoms with Crippen LogP contribution in [0.25, 0.3) is 0 Å². The number of benzene rings is 2. The topological polar surface area (TPSA) is 67.4 Å². The van der Waals surface area contributed by atoms with Crippen molar-refractivity contribution >= 4 is 17.6 Å². The SMILES string of the molecule is CCOC(C)(C)c1cc(N(C(=O)Oc2ccccc2)c2ccccc2)n[nH]1. The minimum atomic E-state index is -0.550. The predicted octanol–water partition coefficient (Wildman–Crippen LogP) is 5.02. The molecule has 3 aromatic rings. The number of H-pyrrole nitrogens is 1. The summed E-state index contributed by atoms with van der Waals surface area (Å²) < 4.78 is 11.3. The van der Waals surface area contributed by atoms with E-state index in [0.717, 1.165) is 5.69 Å². The van der Waals surface area contributed by atoms with Crippen molar-refractivity contribution in [1.29, 1.82) is 0 Å². The maximum Gasteiger partial charge on any atom is 0.425 e. The molecule has 0 fully saturated rings. The van der Waals surface area contributed by atoms with E-state index < -0.39 is 11.7 Å². The Hall–Kier alpha value is -3.12. The van der Waals surface area contributed by atoms with E-state index >= 15 is 0 Å². The second-order valence-electron chi connectivity index (χ2n) is 6.44. The monoisotopic (exact) mass is 365 g/mol. The van der Waals surface area contributed by atoms with Crippen molar-refractivity contribution < 1.29 is 14.3 Å². The van der Waals surface area contributed by atoms with Gasteiger partial charge in [0.05, 0.1) is 11.4 Å². The van der Waals surface area contributed by atoms with Gasteiger partial charge in [-0.2, -0.15) is 5.10 Å². The van der Waals surface area contributed by atoms with Gasteiger partial charge in [-0.05, 0) is 45.0 Å². The van der Waals surface area contributed by atoms with Gasteiger partial charge in [0.25, 0.3) is 0 Å². The number of rotatable bonds is 6. The fraction of sp³-hybridized carbons (Fsp3) is 0.238. The summed E-state index contributed by atoms with van der Waals surface area (Å²) in [5.41, 5.74) is 0.879. The first-order valence-electron chi connectivity index (χ1n) is 8.83. The smallest absolute Gasteiger partial charge is 0.410 e. The Kier molecular flexibility index (Phi) is 5.57. The molecule has 0 aliphatic rings. The van der Waals surface area contributed by atoms with Gasteiger partial charge in [-0.1, -0.05) is 36.4 Å². The summed E-state index contributed by atoms with van der Waals surface area (Å²) in [6.07, 6.45) is -0.542. The summed E-state index contributed by atoms with van der Waals surface area (Å²) in [5, 5.41) is 7.30. The maximum absolute atomic E-state index is 12.9. The Morgan fingerprint density at radius 3 is 2.33 bits per heavy atom. The zero-order valence-electron chi connectivity index (χ0n) is 15.7. The van der Waals surface area contributed by atoms with E-state index in [1.54, 1.807) is 18.2 Å². The van der Waals surface area contributed by atoms with Gasteiger partial charge in [0.15, 0.2) is 5.82 Å². The minimum absolute atomic E-state index is 0.435. The van der Waals surface area contributed by atoms with E-state index in [4.69, 9.17) is 9.47 Å². The van der Waals surface area contributed by atoms with Gasteiger partial charge >= 0.3 is 6.09 Å². The van der Waals surface area contributed by atoms with Crippen LogP contribution in [0.5, 0.6) is 5.75 Å². The number of carbonyl (C=O) groups excluding carboxylic acids is 1. The number of anilines is 2. The van der Waals surface area contributed by atoms with Crippen LogP contribution in [-0.2, 0) is 10.3 Å². The van der Waals surface area contributed by atoms with Crippen LogP contribution in [0.4, 0.5) is 16.3 Å². The molecule has 0 saturated heterocycles. The fourth-order valence-corrected chi connectivity index (χ4v) is 2.72. The van der Waals surface area contributed by atoms with Crippen molar-refractivity contribution in [3.63, 3.8) is 0 Å². The number of ether oxygens (including phenoxy) is 2. The first-order chi connectivity index (χ1) is 13.0. The molecule has 27 heavy (non-hydrogen) atoms. The number of nitrogens with one attached hydrogen (secondary N) is 1. The number of aromatic amines is 1. The summed E-state index contributed by atoms with van der Waals surface area (Å²) in [4.78, 5) is 14.3. The molecular weight excluding hydrogens is 342 g/mol. The lowest BCUT2D eigenvalue weighted by atomic mass is 10.1. The molecule has 0 saturated carbocycles. The highest BCUT2D eigenvalue weighted by molar-refractivity contribution is 5.96. The Labute approximate surface area is 158 Å². The van der Waals surface area contributed by atoms with Crippen molar-refractivity contribution in [2.24, 2.45) is 0 Å².